The Labute approximate surface area is 187 Å². The molecule has 0 bridgehead atoms. The fourth-order valence-corrected chi connectivity index (χ4v) is 6.53. The predicted octanol–water partition coefficient (Wildman–Crippen LogP) is 1.71. The van der Waals surface area contributed by atoms with Crippen molar-refractivity contribution in [3.05, 3.63) is 41.7 Å². The third-order valence-corrected chi connectivity index (χ3v) is 8.46. The van der Waals surface area contributed by atoms with Gasteiger partial charge in [-0.05, 0) is 37.9 Å². The van der Waals surface area contributed by atoms with E-state index in [4.69, 9.17) is 0 Å². The lowest BCUT2D eigenvalue weighted by Gasteiger charge is -2.26. The van der Waals surface area contributed by atoms with Gasteiger partial charge >= 0.3 is 0 Å². The number of carbonyl (C=O) groups excluding carboxylic acids is 1. The number of benzene rings is 1. The number of rotatable bonds is 8. The number of aromatic nitrogens is 3. The average Bonchev–Trinajstić information content (AvgIpc) is 3.30. The number of hydrogen-bond donors (Lipinski definition) is 1. The first kappa shape index (κ1) is 22.3. The van der Waals surface area contributed by atoms with E-state index in [0.29, 0.717) is 18.1 Å². The molecule has 10 heteroatoms. The van der Waals surface area contributed by atoms with Crippen LogP contribution in [0, 0.1) is 0 Å². The first-order valence-electron chi connectivity index (χ1n) is 10.8. The number of nitrogens with one attached hydrogen (secondary N) is 1. The van der Waals surface area contributed by atoms with Crippen molar-refractivity contribution in [1.29, 1.82) is 0 Å². The Morgan fingerprint density at radius 3 is 2.58 bits per heavy atom. The Hall–Kier alpha value is -1.91. The van der Waals surface area contributed by atoms with Crippen molar-refractivity contribution in [3.63, 3.8) is 0 Å². The van der Waals surface area contributed by atoms with Crippen LogP contribution in [0.3, 0.4) is 0 Å². The van der Waals surface area contributed by atoms with Crippen LogP contribution < -0.4 is 5.32 Å². The monoisotopic (exact) mass is 463 g/mol. The topological polar surface area (TPSA) is 97.2 Å². The van der Waals surface area contributed by atoms with Crippen LogP contribution in [0.15, 0.2) is 35.5 Å². The van der Waals surface area contributed by atoms with E-state index in [2.05, 4.69) is 37.1 Å². The lowest BCUT2D eigenvalue weighted by molar-refractivity contribution is -0.119. The number of amides is 1. The Bertz CT molecular complexity index is 988. The number of likely N-dealkylation sites (tertiary alicyclic amines) is 1. The minimum absolute atomic E-state index is 0.0353. The van der Waals surface area contributed by atoms with Crippen molar-refractivity contribution in [3.8, 4) is 0 Å². The van der Waals surface area contributed by atoms with Crippen LogP contribution in [0.25, 0.3) is 0 Å². The summed E-state index contributed by atoms with van der Waals surface area (Å²) >= 11 is 1.35. The van der Waals surface area contributed by atoms with Gasteiger partial charge in [-0.3, -0.25) is 9.69 Å². The molecule has 1 aromatic heterocycles. The number of sulfone groups is 1. The van der Waals surface area contributed by atoms with Crippen molar-refractivity contribution in [2.24, 2.45) is 0 Å². The van der Waals surface area contributed by atoms with Crippen molar-refractivity contribution in [2.75, 3.05) is 30.3 Å². The normalized spacial score (nSPS) is 21.2. The highest BCUT2D eigenvalue weighted by molar-refractivity contribution is 7.99. The second kappa shape index (κ2) is 10.1. The van der Waals surface area contributed by atoms with Gasteiger partial charge in [-0.25, -0.2) is 8.42 Å². The maximum Gasteiger partial charge on any atom is 0.230 e. The van der Waals surface area contributed by atoms with Gasteiger partial charge in [-0.15, -0.1) is 10.2 Å². The van der Waals surface area contributed by atoms with Crippen molar-refractivity contribution < 1.29 is 13.2 Å². The van der Waals surface area contributed by atoms with Crippen molar-refractivity contribution in [2.45, 2.75) is 50.0 Å². The zero-order chi connectivity index (χ0) is 21.7. The molecule has 2 aromatic rings. The molecule has 3 heterocycles. The number of carbonyl (C=O) groups is 1. The summed E-state index contributed by atoms with van der Waals surface area (Å²) in [6.07, 6.45) is 4.20. The summed E-state index contributed by atoms with van der Waals surface area (Å²) in [4.78, 5) is 14.8. The van der Waals surface area contributed by atoms with Gasteiger partial charge in [-0.1, -0.05) is 48.5 Å². The maximum absolute atomic E-state index is 12.4. The van der Waals surface area contributed by atoms with Crippen LogP contribution in [-0.4, -0.2) is 70.4 Å². The highest BCUT2D eigenvalue weighted by Crippen LogP contribution is 2.21. The van der Waals surface area contributed by atoms with Gasteiger partial charge < -0.3 is 9.88 Å². The molecule has 2 aliphatic heterocycles. The Morgan fingerprint density at radius 2 is 1.87 bits per heavy atom. The van der Waals surface area contributed by atoms with Gasteiger partial charge in [0.15, 0.2) is 15.0 Å². The average molecular weight is 464 g/mol. The van der Waals surface area contributed by atoms with Gasteiger partial charge in [0.2, 0.25) is 5.91 Å². The molecule has 2 fully saturated rings. The Morgan fingerprint density at radius 1 is 1.10 bits per heavy atom. The Balaban J connectivity index is 1.42. The van der Waals surface area contributed by atoms with Crippen LogP contribution in [0.1, 0.15) is 37.1 Å². The summed E-state index contributed by atoms with van der Waals surface area (Å²) in [6, 6.07) is 9.89. The lowest BCUT2D eigenvalue weighted by atomic mass is 10.1. The molecule has 0 aliphatic carbocycles. The van der Waals surface area contributed by atoms with E-state index < -0.39 is 9.84 Å². The van der Waals surface area contributed by atoms with Gasteiger partial charge in [0.1, 0.15) is 5.82 Å². The van der Waals surface area contributed by atoms with E-state index in [1.807, 2.05) is 18.2 Å². The summed E-state index contributed by atoms with van der Waals surface area (Å²) < 4.78 is 25.3. The van der Waals surface area contributed by atoms with E-state index in [0.717, 1.165) is 31.0 Å². The smallest absolute Gasteiger partial charge is 0.230 e. The fourth-order valence-electron chi connectivity index (χ4n) is 4.09. The quantitative estimate of drug-likeness (QED) is 0.595. The molecule has 1 aromatic carbocycles. The third kappa shape index (κ3) is 6.30. The maximum atomic E-state index is 12.4. The number of thioether (sulfide) groups is 1. The largest absolute Gasteiger partial charge is 0.352 e. The second-order valence-corrected chi connectivity index (χ2v) is 11.4. The number of hydrogen-bond acceptors (Lipinski definition) is 7. The third-order valence-electron chi connectivity index (χ3n) is 5.72. The van der Waals surface area contributed by atoms with Gasteiger partial charge in [0, 0.05) is 6.04 Å². The summed E-state index contributed by atoms with van der Waals surface area (Å²) in [7, 11) is -3.01. The molecule has 1 unspecified atom stereocenters. The zero-order valence-corrected chi connectivity index (χ0v) is 19.2. The van der Waals surface area contributed by atoms with Crippen molar-refractivity contribution in [1.82, 2.24) is 25.0 Å². The van der Waals surface area contributed by atoms with Crippen LogP contribution in [0.4, 0.5) is 0 Å². The first-order chi connectivity index (χ1) is 15.0. The fraction of sp³-hybridized carbons (Fsp3) is 0.571. The minimum Gasteiger partial charge on any atom is -0.352 e. The molecule has 1 atom stereocenters. The van der Waals surface area contributed by atoms with E-state index >= 15 is 0 Å². The molecule has 0 spiro atoms. The highest BCUT2D eigenvalue weighted by Gasteiger charge is 2.29. The summed E-state index contributed by atoms with van der Waals surface area (Å²) in [5.74, 6) is 1.12. The summed E-state index contributed by atoms with van der Waals surface area (Å²) in [6.45, 7) is 3.56. The molecule has 2 aliphatic rings. The molecule has 2 saturated heterocycles. The van der Waals surface area contributed by atoms with Gasteiger partial charge in [0.05, 0.1) is 30.3 Å². The van der Waals surface area contributed by atoms with Crippen molar-refractivity contribution >= 4 is 27.5 Å². The zero-order valence-electron chi connectivity index (χ0n) is 17.6. The SMILES string of the molecule is O=C(CSc1nnc(CN2CCCCC2)n1Cc1ccccc1)NC1CCS(=O)(=O)C1. The summed E-state index contributed by atoms with van der Waals surface area (Å²) in [5.41, 5.74) is 1.16. The molecule has 0 radical (unpaired) electrons. The number of nitrogens with zero attached hydrogens (tertiary/aromatic N) is 4. The molecular weight excluding hydrogens is 434 g/mol. The van der Waals surface area contributed by atoms with Crippen LogP contribution >= 0.6 is 11.8 Å². The van der Waals surface area contributed by atoms with Crippen LogP contribution in [-0.2, 0) is 27.7 Å². The Kier molecular flexibility index (Phi) is 7.29. The molecule has 1 N–H and O–H groups in total. The lowest BCUT2D eigenvalue weighted by Crippen LogP contribution is -2.36. The molecule has 168 valence electrons. The molecule has 4 rings (SSSR count). The first-order valence-corrected chi connectivity index (χ1v) is 13.6. The van der Waals surface area contributed by atoms with E-state index in [1.54, 1.807) is 0 Å². The molecular formula is C21H29N5O3S2. The predicted molar refractivity (Wildman–Crippen MR) is 121 cm³/mol. The standard InChI is InChI=1S/C21H29N5O3S2/c27-20(22-18-9-12-31(28,29)16-18)15-30-21-24-23-19(14-25-10-5-2-6-11-25)26(21)13-17-7-3-1-4-8-17/h1,3-4,7-8,18H,2,5-6,9-16H2,(H,22,27). The molecule has 8 nitrogen and oxygen atoms in total. The minimum atomic E-state index is -3.01. The van der Waals surface area contributed by atoms with E-state index in [9.17, 15) is 13.2 Å². The summed E-state index contributed by atoms with van der Waals surface area (Å²) in [5, 5.41) is 12.4. The van der Waals surface area contributed by atoms with Gasteiger partial charge in [0.25, 0.3) is 0 Å². The molecule has 1 amide bonds. The van der Waals surface area contributed by atoms with Gasteiger partial charge in [-0.2, -0.15) is 0 Å². The van der Waals surface area contributed by atoms with E-state index in [1.165, 1.54) is 31.0 Å². The second-order valence-electron chi connectivity index (χ2n) is 8.26. The molecule has 0 saturated carbocycles. The highest BCUT2D eigenvalue weighted by atomic mass is 32.2. The van der Waals surface area contributed by atoms with Crippen LogP contribution in [0.5, 0.6) is 0 Å². The van der Waals surface area contributed by atoms with E-state index in [-0.39, 0.29) is 29.2 Å². The number of piperidine rings is 1. The van der Waals surface area contributed by atoms with Crippen LogP contribution in [0.2, 0.25) is 0 Å². The molecule has 31 heavy (non-hydrogen) atoms.